The summed E-state index contributed by atoms with van der Waals surface area (Å²) in [6, 6.07) is -3.81. The molecule has 2 fully saturated rings. The van der Waals surface area contributed by atoms with E-state index in [2.05, 4.69) is 57.5 Å². The monoisotopic (exact) mass is 1270 g/mol. The first kappa shape index (κ1) is 70.6. The van der Waals surface area contributed by atoms with Crippen molar-refractivity contribution in [1.29, 1.82) is 0 Å². The molecule has 2 aliphatic heterocycles. The average molecular weight is 1270 g/mol. The third-order valence-corrected chi connectivity index (χ3v) is 18.1. The number of H-pyrrole nitrogens is 1. The Kier molecular flexibility index (Phi) is 24.5. The van der Waals surface area contributed by atoms with E-state index < -0.39 is 183 Å². The number of carbonyl (C=O) groups excluding carboxylic acids is 12. The third kappa shape index (κ3) is 18.6. The van der Waals surface area contributed by atoms with Gasteiger partial charge in [-0.2, -0.15) is 0 Å². The molecule has 1 aromatic heterocycles. The van der Waals surface area contributed by atoms with Crippen molar-refractivity contribution in [3.63, 3.8) is 0 Å². The van der Waals surface area contributed by atoms with Gasteiger partial charge in [0.15, 0.2) is 17.3 Å². The predicted octanol–water partition coefficient (Wildman–Crippen LogP) is -4.47. The van der Waals surface area contributed by atoms with Crippen molar-refractivity contribution in [2.75, 3.05) is 51.3 Å². The quantitative estimate of drug-likeness (QED) is 0.0414. The van der Waals surface area contributed by atoms with Crippen molar-refractivity contribution in [2.24, 2.45) is 29.6 Å². The summed E-state index contributed by atoms with van der Waals surface area (Å²) in [5.74, 6) is -15.2. The summed E-state index contributed by atoms with van der Waals surface area (Å²) in [4.78, 5) is 165. The van der Waals surface area contributed by atoms with E-state index >= 15 is 0 Å². The largest absolute Gasteiger partial charge is 0.394 e. The van der Waals surface area contributed by atoms with Gasteiger partial charge < -0.3 is 72.8 Å². The summed E-state index contributed by atoms with van der Waals surface area (Å²) >= 11 is 0. The zero-order valence-electron chi connectivity index (χ0n) is 50.1. The van der Waals surface area contributed by atoms with Gasteiger partial charge in [-0.25, -0.2) is 15.3 Å². The maximum absolute atomic E-state index is 14.8. The van der Waals surface area contributed by atoms with Gasteiger partial charge in [0.05, 0.1) is 49.0 Å². The first-order chi connectivity index (χ1) is 41.9. The van der Waals surface area contributed by atoms with E-state index in [0.717, 1.165) is 24.0 Å². The van der Waals surface area contributed by atoms with E-state index in [0.29, 0.717) is 22.2 Å². The first-order valence-corrected chi connectivity index (χ1v) is 30.9. The van der Waals surface area contributed by atoms with Gasteiger partial charge in [0.1, 0.15) is 30.2 Å². The number of imide groups is 1. The molecule has 9 amide bonds. The molecule has 7 unspecified atom stereocenters. The number of Topliss-reactive ketones (excluding diaryl/α,β-unsaturated/α-hetero) is 1. The average Bonchev–Trinajstić information content (AvgIpc) is 2.47. The Labute approximate surface area is 511 Å². The Hall–Kier alpha value is -7.45. The lowest BCUT2D eigenvalue weighted by Gasteiger charge is -2.31. The lowest BCUT2D eigenvalue weighted by Crippen LogP contribution is -2.60. The van der Waals surface area contributed by atoms with Crippen LogP contribution in [0.4, 0.5) is 5.69 Å². The van der Waals surface area contributed by atoms with Gasteiger partial charge >= 0.3 is 0 Å². The SMILES string of the molecule is Cc1[nH]c2ccc(NC(=O)CCNP(=O)(NCCC3CC(=O)C=CC3=O)NCCN3C(=O)C=CC3=O)cc2c1C[C@@H]1NC(=O)[C@H](C)NC(=O)[C@H]2C(C[C@H](O)C2O)C(=O)C(CO)NC(=O)[C@@H]([C@H](C)O)NC(=O)C(C(C)C)CNC(=O)[C@H](CC(C)(O)CO)NC1=O. The molecule has 17 N–H and O–H groups in total. The minimum absolute atomic E-state index is 0.0170. The first-order valence-electron chi connectivity index (χ1n) is 29.2. The topological polar surface area (TPSA) is 483 Å². The normalized spacial score (nSPS) is 28.0. The van der Waals surface area contributed by atoms with E-state index in [1.54, 1.807) is 39.0 Å². The minimum atomic E-state index is -3.83. The maximum atomic E-state index is 14.8. The molecule has 488 valence electrons. The number of aromatic amines is 1. The molecule has 14 atom stereocenters. The molecular weight excluding hydrogens is 1190 g/mol. The van der Waals surface area contributed by atoms with Gasteiger partial charge in [-0.3, -0.25) is 67.0 Å². The number of ketones is 3. The molecule has 2 aromatic rings. The van der Waals surface area contributed by atoms with Crippen LogP contribution in [0.15, 0.2) is 42.5 Å². The molecule has 4 aliphatic rings. The fraction of sp³-hybridized carbons (Fsp3) is 0.579. The number of allylic oxidation sites excluding steroid dienone is 2. The number of rotatable bonds is 21. The Bertz CT molecular complexity index is 3150. The Morgan fingerprint density at radius 1 is 0.787 bits per heavy atom. The highest BCUT2D eigenvalue weighted by molar-refractivity contribution is 7.57. The summed E-state index contributed by atoms with van der Waals surface area (Å²) in [7, 11) is -3.83. The van der Waals surface area contributed by atoms with E-state index in [9.17, 15) is 92.7 Å². The minimum Gasteiger partial charge on any atom is -0.394 e. The molecule has 0 spiro atoms. The molecule has 0 radical (unpaired) electrons. The van der Waals surface area contributed by atoms with Crippen LogP contribution in [0.25, 0.3) is 10.9 Å². The number of carbonyl (C=O) groups is 12. The lowest BCUT2D eigenvalue weighted by molar-refractivity contribution is -0.141. The van der Waals surface area contributed by atoms with E-state index in [1.165, 1.54) is 26.0 Å². The number of aliphatic hydroxyl groups is 6. The third-order valence-electron chi connectivity index (χ3n) is 16.1. The van der Waals surface area contributed by atoms with Crippen LogP contribution in [-0.4, -0.2) is 211 Å². The van der Waals surface area contributed by atoms with Crippen molar-refractivity contribution >= 4 is 94.7 Å². The van der Waals surface area contributed by atoms with Crippen molar-refractivity contribution in [3.05, 3.63) is 53.8 Å². The highest BCUT2D eigenvalue weighted by Gasteiger charge is 2.51. The number of aryl methyl sites for hydroxylation is 1. The number of amides is 9. The molecule has 89 heavy (non-hydrogen) atoms. The van der Waals surface area contributed by atoms with Gasteiger partial charge in [0.25, 0.3) is 19.4 Å². The Morgan fingerprint density at radius 3 is 2.09 bits per heavy atom. The second-order valence-corrected chi connectivity index (χ2v) is 25.7. The van der Waals surface area contributed by atoms with Crippen molar-refractivity contribution in [1.82, 2.24) is 57.0 Å². The second kappa shape index (κ2) is 30.8. The fourth-order valence-electron chi connectivity index (χ4n) is 10.9. The Morgan fingerprint density at radius 2 is 1.44 bits per heavy atom. The smallest absolute Gasteiger partial charge is 0.279 e. The number of nitrogens with one attached hydrogen (secondary N) is 11. The molecule has 3 heterocycles. The van der Waals surface area contributed by atoms with Crippen LogP contribution in [0.5, 0.6) is 0 Å². The van der Waals surface area contributed by atoms with Crippen LogP contribution in [-0.2, 0) is 68.5 Å². The van der Waals surface area contributed by atoms with Crippen molar-refractivity contribution in [2.45, 2.75) is 134 Å². The van der Waals surface area contributed by atoms with Crippen LogP contribution in [0.2, 0.25) is 0 Å². The molecular formula is C57H81N12O19P. The predicted molar refractivity (Wildman–Crippen MR) is 316 cm³/mol. The van der Waals surface area contributed by atoms with Crippen LogP contribution < -0.4 is 52.5 Å². The van der Waals surface area contributed by atoms with Gasteiger partial charge in [0, 0.05) is 105 Å². The molecule has 6 rings (SSSR count). The van der Waals surface area contributed by atoms with Gasteiger partial charge in [-0.15, -0.1) is 0 Å². The van der Waals surface area contributed by atoms with Crippen molar-refractivity contribution in [3.8, 4) is 0 Å². The molecule has 0 bridgehead atoms. The van der Waals surface area contributed by atoms with Crippen LogP contribution >= 0.6 is 7.59 Å². The number of benzene rings is 1. The second-order valence-electron chi connectivity index (χ2n) is 23.5. The lowest BCUT2D eigenvalue weighted by atomic mass is 9.86. The highest BCUT2D eigenvalue weighted by atomic mass is 31.2. The number of nitrogens with zero attached hydrogens (tertiary/aromatic N) is 1. The molecule has 32 heteroatoms. The Balaban J connectivity index is 1.27. The number of hydrogen-bond acceptors (Lipinski definition) is 19. The van der Waals surface area contributed by atoms with Crippen LogP contribution in [0.3, 0.4) is 0 Å². The number of hydrogen-bond donors (Lipinski definition) is 17. The van der Waals surface area contributed by atoms with Crippen LogP contribution in [0.1, 0.15) is 78.0 Å². The zero-order valence-corrected chi connectivity index (χ0v) is 51.0. The maximum Gasteiger partial charge on any atom is 0.279 e. The summed E-state index contributed by atoms with van der Waals surface area (Å²) < 4.78 is 14.2. The van der Waals surface area contributed by atoms with E-state index in [-0.39, 0.29) is 69.1 Å². The van der Waals surface area contributed by atoms with Gasteiger partial charge in [-0.05, 0) is 82.4 Å². The molecule has 1 saturated carbocycles. The van der Waals surface area contributed by atoms with E-state index in [1.807, 2.05) is 0 Å². The van der Waals surface area contributed by atoms with Crippen molar-refractivity contribution < 1.29 is 92.7 Å². The standard InChI is InChI=1S/C57H81N12O19P/c1-27(2)37-24-58-53(83)40(23-57(6,87)26-71)66-54(84)39(65-51(81)29(4)63-55(85)47-36(22-43(75)50(47)80)49(79)41(25-70)67-56(86)48(30(5)72)68-52(37)82)21-34-28(3)62-38-9-7-32(20-35(34)38)64-44(76)14-16-60-89(88,61-17-18-69-45(77)11-12-46(69)78)59-15-13-31-19-33(73)8-10-42(31)74/h7-12,20,27,29-31,36-37,39-41,43,47-48,50,62,70-72,75,80,87H,13-19,21-26H2,1-6H3,(H,58,83)(H,63,85)(H,64,76)(H,65,81)(H,66,84)(H,67,86)(H,68,82)(H3,59,60,61,88)/t29-,30-,31?,36?,37?,39-,40-,41?,43-,47-,48+,50?,57?,89?/m0/s1. The highest BCUT2D eigenvalue weighted by Crippen LogP contribution is 2.35. The molecule has 2 aliphatic carbocycles. The number of anilines is 1. The zero-order chi connectivity index (χ0) is 65.8. The summed E-state index contributed by atoms with van der Waals surface area (Å²) in [6.07, 6.45) is -2.38. The number of aliphatic hydroxyl groups excluding tert-OH is 5. The molecule has 31 nitrogen and oxygen atoms in total. The fourth-order valence-corrected chi connectivity index (χ4v) is 12.5. The summed E-state index contributed by atoms with van der Waals surface area (Å²) in [6.45, 7) is 5.42. The van der Waals surface area contributed by atoms with Gasteiger partial charge in [-0.1, -0.05) is 13.8 Å². The summed E-state index contributed by atoms with van der Waals surface area (Å²) in [5, 5.41) is 90.4. The van der Waals surface area contributed by atoms with E-state index in [4.69, 9.17) is 0 Å². The number of aromatic nitrogens is 1. The molecule has 1 saturated heterocycles. The molecule has 1 aromatic carbocycles. The van der Waals surface area contributed by atoms with Crippen LogP contribution in [0, 0.1) is 36.5 Å². The van der Waals surface area contributed by atoms with Gasteiger partial charge in [0.2, 0.25) is 41.4 Å². The summed E-state index contributed by atoms with van der Waals surface area (Å²) in [5.41, 5.74) is -0.496. The number of fused-ring (bicyclic) bond motifs is 2.